The fraction of sp³-hybridized carbons (Fsp3) is 0.182. The van der Waals surface area contributed by atoms with E-state index in [4.69, 9.17) is 0 Å². The molecule has 0 radical (unpaired) electrons. The van der Waals surface area contributed by atoms with Gasteiger partial charge in [0, 0.05) is 24.9 Å². The van der Waals surface area contributed by atoms with E-state index in [1.54, 1.807) is 6.20 Å². The van der Waals surface area contributed by atoms with E-state index < -0.39 is 5.82 Å². The fourth-order valence-electron chi connectivity index (χ4n) is 1.25. The van der Waals surface area contributed by atoms with Crippen LogP contribution in [0.3, 0.4) is 0 Å². The smallest absolute Gasteiger partial charge is 0.222 e. The molecule has 0 atom stereocenters. The molecule has 0 aliphatic rings. The number of nitrogens with zero attached hydrogens (tertiary/aromatic N) is 3. The molecule has 0 aliphatic heterocycles. The molecule has 0 bridgehead atoms. The van der Waals surface area contributed by atoms with Gasteiger partial charge in [0.25, 0.3) is 0 Å². The summed E-state index contributed by atoms with van der Waals surface area (Å²) in [6, 6.07) is 5.77. The van der Waals surface area contributed by atoms with Gasteiger partial charge in [-0.25, -0.2) is 14.4 Å². The average molecular weight is 218 g/mol. The van der Waals surface area contributed by atoms with Gasteiger partial charge >= 0.3 is 0 Å². The maximum atomic E-state index is 12.5. The topological polar surface area (TPSA) is 50.7 Å². The Hall–Kier alpha value is -2.04. The van der Waals surface area contributed by atoms with E-state index >= 15 is 0 Å². The summed E-state index contributed by atoms with van der Waals surface area (Å²) in [4.78, 5) is 11.8. The van der Waals surface area contributed by atoms with Gasteiger partial charge in [-0.2, -0.15) is 0 Å². The van der Waals surface area contributed by atoms with Crippen molar-refractivity contribution in [3.05, 3.63) is 48.3 Å². The summed E-state index contributed by atoms with van der Waals surface area (Å²) in [6.07, 6.45) is 4.80. The van der Waals surface area contributed by atoms with E-state index in [1.165, 1.54) is 0 Å². The predicted molar refractivity (Wildman–Crippen MR) is 58.4 cm³/mol. The van der Waals surface area contributed by atoms with Crippen LogP contribution in [0.1, 0.15) is 5.69 Å². The minimum atomic E-state index is -0.435. The maximum Gasteiger partial charge on any atom is 0.222 e. The first kappa shape index (κ1) is 10.5. The zero-order valence-electron chi connectivity index (χ0n) is 8.60. The van der Waals surface area contributed by atoms with Crippen molar-refractivity contribution in [2.24, 2.45) is 0 Å². The van der Waals surface area contributed by atoms with Gasteiger partial charge in [-0.3, -0.25) is 4.98 Å². The lowest BCUT2D eigenvalue weighted by molar-refractivity contribution is 0.614. The summed E-state index contributed by atoms with van der Waals surface area (Å²) in [5, 5.41) is 2.99. The minimum Gasteiger partial charge on any atom is -0.354 e. The van der Waals surface area contributed by atoms with Crippen LogP contribution in [0, 0.1) is 5.82 Å². The Labute approximate surface area is 92.6 Å². The first-order valence-corrected chi connectivity index (χ1v) is 4.96. The van der Waals surface area contributed by atoms with Crippen LogP contribution in [-0.4, -0.2) is 21.5 Å². The highest BCUT2D eigenvalue weighted by Crippen LogP contribution is 1.99. The van der Waals surface area contributed by atoms with Crippen LogP contribution in [0.2, 0.25) is 0 Å². The number of nitrogens with one attached hydrogen (secondary N) is 1. The zero-order chi connectivity index (χ0) is 11.2. The van der Waals surface area contributed by atoms with E-state index in [2.05, 4.69) is 20.3 Å². The van der Waals surface area contributed by atoms with Crippen LogP contribution < -0.4 is 5.32 Å². The Morgan fingerprint density at radius 1 is 1.12 bits per heavy atom. The molecule has 0 saturated heterocycles. The maximum absolute atomic E-state index is 12.5. The van der Waals surface area contributed by atoms with Gasteiger partial charge in [0.15, 0.2) is 5.82 Å². The number of aromatic nitrogens is 3. The summed E-state index contributed by atoms with van der Waals surface area (Å²) in [6.45, 7) is 0.669. The lowest BCUT2D eigenvalue weighted by Crippen LogP contribution is -2.08. The lowest BCUT2D eigenvalue weighted by atomic mass is 10.3. The van der Waals surface area contributed by atoms with Crippen LogP contribution >= 0.6 is 0 Å². The van der Waals surface area contributed by atoms with Crippen molar-refractivity contribution in [2.75, 3.05) is 11.9 Å². The highest BCUT2D eigenvalue weighted by molar-refractivity contribution is 5.22. The third-order valence-corrected chi connectivity index (χ3v) is 2.01. The highest BCUT2D eigenvalue weighted by atomic mass is 19.1. The minimum absolute atomic E-state index is 0.428. The standard InChI is InChI=1S/C11H11FN4/c12-9-7-15-11(16-8-9)14-6-4-10-3-1-2-5-13-10/h1-3,5,7-8H,4,6H2,(H,14,15,16). The van der Waals surface area contributed by atoms with Crippen molar-refractivity contribution in [2.45, 2.75) is 6.42 Å². The molecular formula is C11H11FN4. The van der Waals surface area contributed by atoms with Gasteiger partial charge in [-0.15, -0.1) is 0 Å². The molecule has 0 amide bonds. The Bertz CT molecular complexity index is 429. The summed E-state index contributed by atoms with van der Waals surface area (Å²) in [5.41, 5.74) is 0.997. The monoisotopic (exact) mass is 218 g/mol. The molecule has 0 fully saturated rings. The number of hydrogen-bond acceptors (Lipinski definition) is 4. The number of halogens is 1. The Balaban J connectivity index is 1.82. The predicted octanol–water partition coefficient (Wildman–Crippen LogP) is 1.67. The van der Waals surface area contributed by atoms with Crippen LogP contribution in [-0.2, 0) is 6.42 Å². The average Bonchev–Trinajstić information content (AvgIpc) is 2.33. The lowest BCUT2D eigenvalue weighted by Gasteiger charge is -2.03. The van der Waals surface area contributed by atoms with Crippen molar-refractivity contribution in [1.82, 2.24) is 15.0 Å². The fourth-order valence-corrected chi connectivity index (χ4v) is 1.25. The number of pyridine rings is 1. The van der Waals surface area contributed by atoms with Gasteiger partial charge in [0.05, 0.1) is 12.4 Å². The second-order valence-corrected chi connectivity index (χ2v) is 3.22. The van der Waals surface area contributed by atoms with E-state index in [1.807, 2.05) is 18.2 Å². The largest absolute Gasteiger partial charge is 0.354 e. The molecule has 2 rings (SSSR count). The van der Waals surface area contributed by atoms with Crippen molar-refractivity contribution in [3.8, 4) is 0 Å². The normalized spacial score (nSPS) is 10.1. The third kappa shape index (κ3) is 2.98. The van der Waals surface area contributed by atoms with Crippen molar-refractivity contribution in [1.29, 1.82) is 0 Å². The summed E-state index contributed by atoms with van der Waals surface area (Å²) >= 11 is 0. The number of rotatable bonds is 4. The molecule has 0 saturated carbocycles. The molecule has 5 heteroatoms. The Morgan fingerprint density at radius 2 is 1.94 bits per heavy atom. The van der Waals surface area contributed by atoms with Gasteiger partial charge < -0.3 is 5.32 Å². The Morgan fingerprint density at radius 3 is 2.62 bits per heavy atom. The van der Waals surface area contributed by atoms with Crippen LogP contribution in [0.5, 0.6) is 0 Å². The van der Waals surface area contributed by atoms with Crippen LogP contribution in [0.15, 0.2) is 36.8 Å². The van der Waals surface area contributed by atoms with E-state index in [9.17, 15) is 4.39 Å². The second kappa shape index (κ2) is 5.16. The first-order chi connectivity index (χ1) is 7.84. The van der Waals surface area contributed by atoms with Gasteiger partial charge in [-0.05, 0) is 12.1 Å². The van der Waals surface area contributed by atoms with Crippen molar-refractivity contribution >= 4 is 5.95 Å². The summed E-state index contributed by atoms with van der Waals surface area (Å²) in [7, 11) is 0. The second-order valence-electron chi connectivity index (χ2n) is 3.22. The number of anilines is 1. The molecule has 0 aromatic carbocycles. The zero-order valence-corrected chi connectivity index (χ0v) is 8.60. The van der Waals surface area contributed by atoms with Gasteiger partial charge in [0.2, 0.25) is 5.95 Å². The van der Waals surface area contributed by atoms with Crippen LogP contribution in [0.25, 0.3) is 0 Å². The quantitative estimate of drug-likeness (QED) is 0.848. The van der Waals surface area contributed by atoms with Gasteiger partial charge in [0.1, 0.15) is 0 Å². The molecule has 82 valence electrons. The molecule has 1 N–H and O–H groups in total. The molecule has 4 nitrogen and oxygen atoms in total. The molecule has 2 aromatic heterocycles. The third-order valence-electron chi connectivity index (χ3n) is 2.01. The van der Waals surface area contributed by atoms with Crippen molar-refractivity contribution < 1.29 is 4.39 Å². The molecule has 2 aromatic rings. The van der Waals surface area contributed by atoms with E-state index in [0.717, 1.165) is 24.5 Å². The van der Waals surface area contributed by atoms with Gasteiger partial charge in [-0.1, -0.05) is 6.07 Å². The molecule has 0 spiro atoms. The highest BCUT2D eigenvalue weighted by Gasteiger charge is 1.97. The SMILES string of the molecule is Fc1cnc(NCCc2ccccn2)nc1. The Kier molecular flexibility index (Phi) is 3.38. The molecule has 0 aliphatic carbocycles. The summed E-state index contributed by atoms with van der Waals surface area (Å²) < 4.78 is 12.5. The number of hydrogen-bond donors (Lipinski definition) is 1. The van der Waals surface area contributed by atoms with Crippen LogP contribution in [0.4, 0.5) is 10.3 Å². The molecule has 0 unspecified atom stereocenters. The van der Waals surface area contributed by atoms with E-state index in [-0.39, 0.29) is 0 Å². The molecular weight excluding hydrogens is 207 g/mol. The first-order valence-electron chi connectivity index (χ1n) is 4.96. The van der Waals surface area contributed by atoms with E-state index in [0.29, 0.717) is 12.5 Å². The molecule has 16 heavy (non-hydrogen) atoms. The molecule has 2 heterocycles. The van der Waals surface area contributed by atoms with Crippen molar-refractivity contribution in [3.63, 3.8) is 0 Å². The summed E-state index contributed by atoms with van der Waals surface area (Å²) in [5.74, 6) is -0.00685.